The molecular weight excluding hydrogens is 294 g/mol. The van der Waals surface area contributed by atoms with Gasteiger partial charge in [-0.3, -0.25) is 9.59 Å². The van der Waals surface area contributed by atoms with E-state index in [2.05, 4.69) is 5.32 Å². The first-order valence-electron chi connectivity index (χ1n) is 6.92. The predicted molar refractivity (Wildman–Crippen MR) is 79.8 cm³/mol. The zero-order valence-electron chi connectivity index (χ0n) is 11.8. The summed E-state index contributed by atoms with van der Waals surface area (Å²) in [6.45, 7) is 2.36. The zero-order valence-corrected chi connectivity index (χ0v) is 12.6. The maximum Gasteiger partial charge on any atom is 0.310 e. The van der Waals surface area contributed by atoms with Crippen LogP contribution in [0.4, 0.5) is 5.69 Å². The largest absolute Gasteiger partial charge is 0.492 e. The van der Waals surface area contributed by atoms with E-state index in [1.165, 1.54) is 0 Å². The Labute approximate surface area is 128 Å². The van der Waals surface area contributed by atoms with Gasteiger partial charge in [0, 0.05) is 12.1 Å². The van der Waals surface area contributed by atoms with Gasteiger partial charge in [0.05, 0.1) is 17.0 Å². The summed E-state index contributed by atoms with van der Waals surface area (Å²) >= 11 is 6.04. The van der Waals surface area contributed by atoms with E-state index in [-0.39, 0.29) is 12.3 Å². The van der Waals surface area contributed by atoms with Gasteiger partial charge in [0.15, 0.2) is 0 Å². The van der Waals surface area contributed by atoms with Crippen LogP contribution < -0.4 is 10.1 Å². The molecule has 0 heterocycles. The van der Waals surface area contributed by atoms with Crippen LogP contribution in [0, 0.1) is 5.41 Å². The second kappa shape index (κ2) is 6.35. The number of hydrogen-bond acceptors (Lipinski definition) is 3. The summed E-state index contributed by atoms with van der Waals surface area (Å²) < 4.78 is 5.31. The van der Waals surface area contributed by atoms with Gasteiger partial charge in [-0.1, -0.05) is 18.0 Å². The number of aliphatic carboxylic acids is 1. The standard InChI is InChI=1S/C15H18ClNO4/c1-2-21-12-5-4-10(8-11(12)16)17-13(18)9-15(14(19)20)6-3-7-15/h4-5,8H,2-3,6-7,9H2,1H3,(H,17,18)(H,19,20). The molecule has 1 aromatic carbocycles. The average molecular weight is 312 g/mol. The fourth-order valence-electron chi connectivity index (χ4n) is 2.43. The number of halogens is 1. The maximum atomic E-state index is 12.0. The first kappa shape index (κ1) is 15.6. The first-order chi connectivity index (χ1) is 9.97. The lowest BCUT2D eigenvalue weighted by molar-refractivity contribution is -0.157. The van der Waals surface area contributed by atoms with Crippen LogP contribution >= 0.6 is 11.6 Å². The van der Waals surface area contributed by atoms with Gasteiger partial charge in [-0.15, -0.1) is 0 Å². The lowest BCUT2D eigenvalue weighted by Gasteiger charge is -2.36. The number of ether oxygens (including phenoxy) is 1. The topological polar surface area (TPSA) is 75.6 Å². The minimum atomic E-state index is -0.895. The molecule has 0 bridgehead atoms. The molecule has 1 aromatic rings. The molecule has 5 nitrogen and oxygen atoms in total. The van der Waals surface area contributed by atoms with E-state index in [1.807, 2.05) is 6.92 Å². The second-order valence-electron chi connectivity index (χ2n) is 5.24. The van der Waals surface area contributed by atoms with Gasteiger partial charge in [0.25, 0.3) is 0 Å². The number of carboxylic acids is 1. The Bertz CT molecular complexity index is 555. The Morgan fingerprint density at radius 1 is 1.43 bits per heavy atom. The SMILES string of the molecule is CCOc1ccc(NC(=O)CC2(C(=O)O)CCC2)cc1Cl. The second-order valence-corrected chi connectivity index (χ2v) is 5.65. The van der Waals surface area contributed by atoms with Gasteiger partial charge >= 0.3 is 5.97 Å². The van der Waals surface area contributed by atoms with Gasteiger partial charge in [-0.25, -0.2) is 0 Å². The molecule has 1 saturated carbocycles. The van der Waals surface area contributed by atoms with Crippen molar-refractivity contribution in [2.75, 3.05) is 11.9 Å². The third-order valence-corrected chi connectivity index (χ3v) is 4.07. The summed E-state index contributed by atoms with van der Waals surface area (Å²) in [5.41, 5.74) is -0.354. The number of anilines is 1. The highest BCUT2D eigenvalue weighted by atomic mass is 35.5. The average Bonchev–Trinajstić information content (AvgIpc) is 2.37. The van der Waals surface area contributed by atoms with E-state index in [0.29, 0.717) is 35.9 Å². The number of amides is 1. The Kier molecular flexibility index (Phi) is 4.73. The predicted octanol–water partition coefficient (Wildman–Crippen LogP) is 3.32. The molecule has 0 unspecified atom stereocenters. The van der Waals surface area contributed by atoms with E-state index in [9.17, 15) is 14.7 Å². The molecule has 1 fully saturated rings. The third-order valence-electron chi connectivity index (χ3n) is 3.78. The highest BCUT2D eigenvalue weighted by molar-refractivity contribution is 6.32. The van der Waals surface area contributed by atoms with E-state index in [1.54, 1.807) is 18.2 Å². The number of benzene rings is 1. The lowest BCUT2D eigenvalue weighted by Crippen LogP contribution is -2.41. The maximum absolute atomic E-state index is 12.0. The van der Waals surface area contributed by atoms with Gasteiger partial charge in [-0.05, 0) is 38.0 Å². The number of rotatable bonds is 6. The summed E-state index contributed by atoms with van der Waals surface area (Å²) in [4.78, 5) is 23.2. The summed E-state index contributed by atoms with van der Waals surface area (Å²) in [5.74, 6) is -0.649. The van der Waals surface area contributed by atoms with Gasteiger partial charge in [0.2, 0.25) is 5.91 Å². The van der Waals surface area contributed by atoms with Crippen LogP contribution in [0.25, 0.3) is 0 Å². The molecule has 2 rings (SSSR count). The fourth-order valence-corrected chi connectivity index (χ4v) is 2.67. The Morgan fingerprint density at radius 2 is 2.14 bits per heavy atom. The monoisotopic (exact) mass is 311 g/mol. The van der Waals surface area contributed by atoms with Crippen molar-refractivity contribution in [3.8, 4) is 5.75 Å². The molecule has 2 N–H and O–H groups in total. The van der Waals surface area contributed by atoms with Crippen molar-refractivity contribution in [1.29, 1.82) is 0 Å². The Hall–Kier alpha value is -1.75. The van der Waals surface area contributed by atoms with E-state index < -0.39 is 11.4 Å². The summed E-state index contributed by atoms with van der Waals surface area (Å²) in [6.07, 6.45) is 1.96. The number of carbonyl (C=O) groups is 2. The number of carbonyl (C=O) groups excluding carboxylic acids is 1. The normalized spacial score (nSPS) is 15.9. The molecule has 0 aliphatic heterocycles. The van der Waals surface area contributed by atoms with Crippen LogP contribution in [0.3, 0.4) is 0 Å². The molecule has 0 saturated heterocycles. The molecule has 1 amide bonds. The fraction of sp³-hybridized carbons (Fsp3) is 0.467. The molecule has 0 atom stereocenters. The Morgan fingerprint density at radius 3 is 2.62 bits per heavy atom. The summed E-state index contributed by atoms with van der Waals surface area (Å²) in [6, 6.07) is 4.96. The molecule has 0 aromatic heterocycles. The van der Waals surface area contributed by atoms with E-state index in [4.69, 9.17) is 16.3 Å². The molecule has 21 heavy (non-hydrogen) atoms. The minimum Gasteiger partial charge on any atom is -0.492 e. The van der Waals surface area contributed by atoms with E-state index in [0.717, 1.165) is 6.42 Å². The van der Waals surface area contributed by atoms with Crippen molar-refractivity contribution in [2.24, 2.45) is 5.41 Å². The molecule has 1 aliphatic rings. The van der Waals surface area contributed by atoms with Gasteiger partial charge in [0.1, 0.15) is 5.75 Å². The molecule has 0 radical (unpaired) electrons. The van der Waals surface area contributed by atoms with Crippen molar-refractivity contribution in [2.45, 2.75) is 32.6 Å². The summed E-state index contributed by atoms with van der Waals surface area (Å²) in [5, 5.41) is 12.3. The van der Waals surface area contributed by atoms with Crippen molar-refractivity contribution in [1.82, 2.24) is 0 Å². The molecule has 0 spiro atoms. The number of carboxylic acid groups (broad SMARTS) is 1. The van der Waals surface area contributed by atoms with Crippen LogP contribution in [0.1, 0.15) is 32.6 Å². The highest BCUT2D eigenvalue weighted by Crippen LogP contribution is 2.44. The Balaban J connectivity index is 2.00. The number of hydrogen-bond donors (Lipinski definition) is 2. The molecule has 114 valence electrons. The molecule has 1 aliphatic carbocycles. The van der Waals surface area contributed by atoms with Crippen LogP contribution in [0.15, 0.2) is 18.2 Å². The van der Waals surface area contributed by atoms with Crippen LogP contribution in [-0.2, 0) is 9.59 Å². The first-order valence-corrected chi connectivity index (χ1v) is 7.30. The van der Waals surface area contributed by atoms with Gasteiger partial charge in [-0.2, -0.15) is 0 Å². The zero-order chi connectivity index (χ0) is 15.5. The van der Waals surface area contributed by atoms with Crippen LogP contribution in [0.2, 0.25) is 5.02 Å². The smallest absolute Gasteiger partial charge is 0.310 e. The van der Waals surface area contributed by atoms with Crippen molar-refractivity contribution in [3.05, 3.63) is 23.2 Å². The van der Waals surface area contributed by atoms with Gasteiger partial charge < -0.3 is 15.2 Å². The van der Waals surface area contributed by atoms with Crippen molar-refractivity contribution >= 4 is 29.2 Å². The van der Waals surface area contributed by atoms with Crippen LogP contribution in [-0.4, -0.2) is 23.6 Å². The van der Waals surface area contributed by atoms with Crippen molar-refractivity contribution in [3.63, 3.8) is 0 Å². The minimum absolute atomic E-state index is 0.00678. The highest BCUT2D eigenvalue weighted by Gasteiger charge is 2.45. The van der Waals surface area contributed by atoms with Crippen LogP contribution in [0.5, 0.6) is 5.75 Å². The molecule has 6 heteroatoms. The third kappa shape index (κ3) is 3.47. The summed E-state index contributed by atoms with van der Waals surface area (Å²) in [7, 11) is 0. The molecular formula is C15H18ClNO4. The van der Waals surface area contributed by atoms with Crippen molar-refractivity contribution < 1.29 is 19.4 Å². The quantitative estimate of drug-likeness (QED) is 0.845. The lowest BCUT2D eigenvalue weighted by atomic mass is 9.66. The van der Waals surface area contributed by atoms with E-state index >= 15 is 0 Å². The number of nitrogens with one attached hydrogen (secondary N) is 1.